The highest BCUT2D eigenvalue weighted by Gasteiger charge is 2.23. The highest BCUT2D eigenvalue weighted by molar-refractivity contribution is 6.01. The normalized spacial score (nSPS) is 11.6. The monoisotopic (exact) mass is 315 g/mol. The van der Waals surface area contributed by atoms with Gasteiger partial charge in [0.25, 0.3) is 5.91 Å². The van der Waals surface area contributed by atoms with Gasteiger partial charge in [0.15, 0.2) is 6.04 Å². The van der Waals surface area contributed by atoms with E-state index in [0.29, 0.717) is 11.4 Å². The van der Waals surface area contributed by atoms with Gasteiger partial charge in [0.2, 0.25) is 0 Å². The third kappa shape index (κ3) is 4.10. The van der Waals surface area contributed by atoms with E-state index in [1.165, 1.54) is 0 Å². The molecule has 1 amide bonds. The van der Waals surface area contributed by atoms with Crippen LogP contribution in [0.3, 0.4) is 0 Å². The van der Waals surface area contributed by atoms with Crippen molar-refractivity contribution in [1.82, 2.24) is 15.3 Å². The lowest BCUT2D eigenvalue weighted by Gasteiger charge is -2.15. The van der Waals surface area contributed by atoms with Crippen molar-refractivity contribution in [3.8, 4) is 11.4 Å². The quantitative estimate of drug-likeness (QED) is 0.765. The zero-order valence-electron chi connectivity index (χ0n) is 12.6. The van der Waals surface area contributed by atoms with Crippen molar-refractivity contribution in [2.75, 3.05) is 13.2 Å². The number of hydrogen-bond acceptors (Lipinski definition) is 6. The van der Waals surface area contributed by atoms with E-state index in [-0.39, 0.29) is 12.2 Å². The molecule has 2 rings (SSSR count). The van der Waals surface area contributed by atoms with Crippen molar-refractivity contribution in [2.24, 2.45) is 0 Å². The molecular weight excluding hydrogens is 298 g/mol. The van der Waals surface area contributed by atoms with Gasteiger partial charge in [-0.1, -0.05) is 6.07 Å². The van der Waals surface area contributed by atoms with E-state index in [1.807, 2.05) is 0 Å². The first kappa shape index (κ1) is 16.6. The number of pyridine rings is 2. The Morgan fingerprint density at radius 3 is 2.65 bits per heavy atom. The molecular formula is C16H17N3O4. The minimum Gasteiger partial charge on any atom is -0.464 e. The number of esters is 1. The van der Waals surface area contributed by atoms with Crippen molar-refractivity contribution in [3.05, 3.63) is 48.3 Å². The predicted octanol–water partition coefficient (Wildman–Crippen LogP) is 0.797. The van der Waals surface area contributed by atoms with Crippen LogP contribution in [0.4, 0.5) is 0 Å². The summed E-state index contributed by atoms with van der Waals surface area (Å²) in [6.45, 7) is 1.26. The highest BCUT2D eigenvalue weighted by atomic mass is 16.5. The number of ether oxygens (including phenoxy) is 1. The zero-order chi connectivity index (χ0) is 16.7. The van der Waals surface area contributed by atoms with Gasteiger partial charge in [0.05, 0.1) is 24.5 Å². The van der Waals surface area contributed by atoms with Crippen molar-refractivity contribution in [1.29, 1.82) is 0 Å². The Morgan fingerprint density at radius 2 is 2.00 bits per heavy atom. The number of hydrogen-bond donors (Lipinski definition) is 2. The summed E-state index contributed by atoms with van der Waals surface area (Å²) in [6.07, 6.45) is 3.15. The zero-order valence-corrected chi connectivity index (χ0v) is 12.6. The van der Waals surface area contributed by atoms with Gasteiger partial charge >= 0.3 is 5.97 Å². The lowest BCUT2D eigenvalue weighted by Crippen LogP contribution is -2.44. The first-order chi connectivity index (χ1) is 11.2. The molecule has 0 radical (unpaired) electrons. The van der Waals surface area contributed by atoms with Gasteiger partial charge in [-0.2, -0.15) is 0 Å². The Morgan fingerprint density at radius 1 is 1.22 bits per heavy atom. The Kier molecular flexibility index (Phi) is 5.76. The van der Waals surface area contributed by atoms with Crippen LogP contribution in [0.2, 0.25) is 0 Å². The van der Waals surface area contributed by atoms with Crippen molar-refractivity contribution >= 4 is 11.9 Å². The largest absolute Gasteiger partial charge is 0.464 e. The van der Waals surface area contributed by atoms with E-state index in [0.717, 1.165) is 0 Å². The Balaban J connectivity index is 2.25. The summed E-state index contributed by atoms with van der Waals surface area (Å²) in [7, 11) is 0. The van der Waals surface area contributed by atoms with Crippen LogP contribution in [0.25, 0.3) is 11.4 Å². The maximum absolute atomic E-state index is 12.4. The minimum absolute atomic E-state index is 0.164. The number of nitrogens with one attached hydrogen (secondary N) is 1. The molecule has 7 heteroatoms. The van der Waals surface area contributed by atoms with Crippen LogP contribution < -0.4 is 5.32 Å². The second kappa shape index (κ2) is 8.00. The summed E-state index contributed by atoms with van der Waals surface area (Å²) in [5.41, 5.74) is 1.19. The second-order valence-electron chi connectivity index (χ2n) is 4.58. The molecule has 0 fully saturated rings. The lowest BCUT2D eigenvalue weighted by atomic mass is 10.1. The van der Waals surface area contributed by atoms with Gasteiger partial charge in [-0.25, -0.2) is 4.79 Å². The summed E-state index contributed by atoms with van der Waals surface area (Å²) in [4.78, 5) is 32.4. The molecule has 23 heavy (non-hydrogen) atoms. The number of amides is 1. The van der Waals surface area contributed by atoms with Gasteiger partial charge in [0.1, 0.15) is 5.69 Å². The lowest BCUT2D eigenvalue weighted by molar-refractivity contribution is -0.146. The van der Waals surface area contributed by atoms with Crippen LogP contribution in [0, 0.1) is 0 Å². The molecule has 0 saturated carbocycles. The number of aliphatic hydroxyl groups is 1. The molecule has 0 aromatic carbocycles. The molecule has 2 aromatic rings. The van der Waals surface area contributed by atoms with Crippen LogP contribution in [-0.4, -0.2) is 46.2 Å². The van der Waals surface area contributed by atoms with E-state index in [1.54, 1.807) is 49.6 Å². The molecule has 120 valence electrons. The average molecular weight is 315 g/mol. The Bertz CT molecular complexity index is 676. The summed E-state index contributed by atoms with van der Waals surface area (Å²) in [6, 6.07) is 7.33. The van der Waals surface area contributed by atoms with E-state index < -0.39 is 24.5 Å². The van der Waals surface area contributed by atoms with Gasteiger partial charge < -0.3 is 15.2 Å². The molecule has 2 N–H and O–H groups in total. The van der Waals surface area contributed by atoms with Crippen LogP contribution in [0.5, 0.6) is 0 Å². The van der Waals surface area contributed by atoms with E-state index in [2.05, 4.69) is 15.3 Å². The third-order valence-corrected chi connectivity index (χ3v) is 3.02. The molecule has 2 aromatic heterocycles. The summed E-state index contributed by atoms with van der Waals surface area (Å²) in [5, 5.41) is 11.7. The number of carbonyl (C=O) groups is 2. The molecule has 1 atom stereocenters. The summed E-state index contributed by atoms with van der Waals surface area (Å²) in [5.74, 6) is -1.22. The number of carbonyl (C=O) groups excluding carboxylic acids is 2. The maximum atomic E-state index is 12.4. The number of nitrogens with zero attached hydrogens (tertiary/aromatic N) is 2. The smallest absolute Gasteiger partial charge is 0.331 e. The van der Waals surface area contributed by atoms with Gasteiger partial charge in [-0.3, -0.25) is 14.8 Å². The fourth-order valence-electron chi connectivity index (χ4n) is 1.95. The van der Waals surface area contributed by atoms with E-state index in [4.69, 9.17) is 4.74 Å². The van der Waals surface area contributed by atoms with Crippen molar-refractivity contribution < 1.29 is 19.4 Å². The molecule has 0 spiro atoms. The van der Waals surface area contributed by atoms with Crippen LogP contribution >= 0.6 is 0 Å². The van der Waals surface area contributed by atoms with Gasteiger partial charge in [0, 0.05) is 12.4 Å². The number of rotatable bonds is 6. The fraction of sp³-hybridized carbons (Fsp3) is 0.250. The molecule has 2 heterocycles. The van der Waals surface area contributed by atoms with Crippen molar-refractivity contribution in [2.45, 2.75) is 13.0 Å². The van der Waals surface area contributed by atoms with Gasteiger partial charge in [-0.05, 0) is 31.2 Å². The SMILES string of the molecule is CCOC(=O)C(CO)NC(=O)c1cccnc1-c1ccccn1. The molecule has 0 aliphatic carbocycles. The minimum atomic E-state index is -1.13. The van der Waals surface area contributed by atoms with E-state index in [9.17, 15) is 14.7 Å². The average Bonchev–Trinajstić information content (AvgIpc) is 2.60. The molecule has 1 unspecified atom stereocenters. The fourth-order valence-corrected chi connectivity index (χ4v) is 1.95. The van der Waals surface area contributed by atoms with Crippen molar-refractivity contribution in [3.63, 3.8) is 0 Å². The summed E-state index contributed by atoms with van der Waals surface area (Å²) < 4.78 is 4.80. The number of aromatic nitrogens is 2. The molecule has 0 aliphatic rings. The molecule has 0 aliphatic heterocycles. The standard InChI is InChI=1S/C16H17N3O4/c1-2-23-16(22)13(10-20)19-15(21)11-6-5-9-18-14(11)12-7-3-4-8-17-12/h3-9,13,20H,2,10H2,1H3,(H,19,21). The number of aliphatic hydroxyl groups excluding tert-OH is 1. The molecule has 7 nitrogen and oxygen atoms in total. The van der Waals surface area contributed by atoms with Crippen LogP contribution in [0.1, 0.15) is 17.3 Å². The first-order valence-corrected chi connectivity index (χ1v) is 7.12. The first-order valence-electron chi connectivity index (χ1n) is 7.12. The summed E-state index contributed by atoms with van der Waals surface area (Å²) >= 11 is 0. The van der Waals surface area contributed by atoms with Crippen LogP contribution in [-0.2, 0) is 9.53 Å². The van der Waals surface area contributed by atoms with Gasteiger partial charge in [-0.15, -0.1) is 0 Å². The topological polar surface area (TPSA) is 101 Å². The molecule has 0 bridgehead atoms. The third-order valence-electron chi connectivity index (χ3n) is 3.02. The maximum Gasteiger partial charge on any atom is 0.331 e. The Labute approximate surface area is 133 Å². The van der Waals surface area contributed by atoms with Crippen LogP contribution in [0.15, 0.2) is 42.7 Å². The second-order valence-corrected chi connectivity index (χ2v) is 4.58. The Hall–Kier alpha value is -2.80. The molecule has 0 saturated heterocycles. The van der Waals surface area contributed by atoms with E-state index >= 15 is 0 Å². The highest BCUT2D eigenvalue weighted by Crippen LogP contribution is 2.18. The predicted molar refractivity (Wildman–Crippen MR) is 82.4 cm³/mol.